The number of hydrogen-bond acceptors (Lipinski definition) is 7. The van der Waals surface area contributed by atoms with Crippen molar-refractivity contribution in [2.75, 3.05) is 5.32 Å². The van der Waals surface area contributed by atoms with Gasteiger partial charge in [-0.2, -0.15) is 10.4 Å². The summed E-state index contributed by atoms with van der Waals surface area (Å²) in [6, 6.07) is 7.05. The molecule has 0 aliphatic carbocycles. The molecule has 0 aliphatic heterocycles. The Kier molecular flexibility index (Phi) is 5.89. The van der Waals surface area contributed by atoms with Crippen molar-refractivity contribution < 1.29 is 18.7 Å². The first-order valence-electron chi connectivity index (χ1n) is 10.3. The number of rotatable bonds is 5. The second-order valence-corrected chi connectivity index (χ2v) is 8.48. The van der Waals surface area contributed by atoms with Crippen molar-refractivity contribution in [3.63, 3.8) is 0 Å². The van der Waals surface area contributed by atoms with Crippen molar-refractivity contribution >= 4 is 17.6 Å². The number of pyridine rings is 2. The fourth-order valence-electron chi connectivity index (χ4n) is 3.23. The molecule has 34 heavy (non-hydrogen) atoms. The Labute approximate surface area is 194 Å². The summed E-state index contributed by atoms with van der Waals surface area (Å²) in [6.07, 6.45) is 5.50. The third-order valence-corrected chi connectivity index (χ3v) is 4.69. The number of nitriles is 1. The Morgan fingerprint density at radius 3 is 2.71 bits per heavy atom. The molecule has 0 spiro atoms. The molecule has 0 aliphatic rings. The number of ether oxygens (including phenoxy) is 2. The van der Waals surface area contributed by atoms with E-state index in [1.165, 1.54) is 18.5 Å². The predicted molar refractivity (Wildman–Crippen MR) is 120 cm³/mol. The fourth-order valence-corrected chi connectivity index (χ4v) is 3.23. The van der Waals surface area contributed by atoms with Gasteiger partial charge in [0.05, 0.1) is 12.4 Å². The molecule has 0 bridgehead atoms. The van der Waals surface area contributed by atoms with Gasteiger partial charge in [-0.05, 0) is 38.5 Å². The Hall–Kier alpha value is -4.46. The van der Waals surface area contributed by atoms with Gasteiger partial charge < -0.3 is 9.47 Å². The lowest BCUT2D eigenvalue weighted by Gasteiger charge is -2.19. The molecule has 4 rings (SSSR count). The zero-order valence-corrected chi connectivity index (χ0v) is 19.0. The largest absolute Gasteiger partial charge is 0.474 e. The van der Waals surface area contributed by atoms with E-state index in [9.17, 15) is 10.1 Å². The Morgan fingerprint density at radius 2 is 2.03 bits per heavy atom. The van der Waals surface area contributed by atoms with E-state index in [1.54, 1.807) is 55.2 Å². The highest BCUT2D eigenvalue weighted by atomic mass is 19.1. The minimum Gasteiger partial charge on any atom is -0.474 e. The molecule has 0 saturated heterocycles. The van der Waals surface area contributed by atoms with E-state index in [1.807, 2.05) is 6.20 Å². The molecule has 174 valence electrons. The zero-order chi connectivity index (χ0) is 24.5. The SMILES string of the molecule is Cn1cc(-c2cc(OCc3ccnc(NC(=O)OC(C)(C)C)c3F)n3c(C#N)cnc3c2)cn1. The van der Waals surface area contributed by atoms with E-state index < -0.39 is 17.5 Å². The van der Waals surface area contributed by atoms with E-state index in [0.717, 1.165) is 11.1 Å². The van der Waals surface area contributed by atoms with Gasteiger partial charge >= 0.3 is 6.09 Å². The lowest BCUT2D eigenvalue weighted by atomic mass is 10.1. The number of imidazole rings is 1. The predicted octanol–water partition coefficient (Wildman–Crippen LogP) is 4.07. The smallest absolute Gasteiger partial charge is 0.413 e. The summed E-state index contributed by atoms with van der Waals surface area (Å²) in [7, 11) is 1.80. The summed E-state index contributed by atoms with van der Waals surface area (Å²) >= 11 is 0. The van der Waals surface area contributed by atoms with Crippen LogP contribution in [-0.2, 0) is 18.4 Å². The summed E-state index contributed by atoms with van der Waals surface area (Å²) in [5, 5.41) is 16.0. The van der Waals surface area contributed by atoms with Crippen molar-refractivity contribution in [1.29, 1.82) is 5.26 Å². The van der Waals surface area contributed by atoms with E-state index in [0.29, 0.717) is 11.5 Å². The molecule has 0 fully saturated rings. The van der Waals surface area contributed by atoms with E-state index >= 15 is 4.39 Å². The van der Waals surface area contributed by atoms with E-state index in [-0.39, 0.29) is 23.7 Å². The number of aromatic nitrogens is 5. The second-order valence-electron chi connectivity index (χ2n) is 8.48. The van der Waals surface area contributed by atoms with Crippen molar-refractivity contribution in [1.82, 2.24) is 24.1 Å². The Morgan fingerprint density at radius 1 is 1.24 bits per heavy atom. The first-order valence-corrected chi connectivity index (χ1v) is 10.3. The molecule has 0 radical (unpaired) electrons. The van der Waals surface area contributed by atoms with Crippen LogP contribution in [0.15, 0.2) is 43.0 Å². The number of halogens is 1. The maximum atomic E-state index is 15.0. The minimum atomic E-state index is -0.820. The summed E-state index contributed by atoms with van der Waals surface area (Å²) < 4.78 is 29.3. The van der Waals surface area contributed by atoms with Crippen molar-refractivity contribution in [2.24, 2.45) is 7.05 Å². The molecule has 11 heteroatoms. The normalized spacial score (nSPS) is 11.3. The fraction of sp³-hybridized carbons (Fsp3) is 0.261. The molecular formula is C23H22FN7O3. The summed E-state index contributed by atoms with van der Waals surface area (Å²) in [6.45, 7) is 4.91. The molecule has 1 N–H and O–H groups in total. The number of anilines is 1. The monoisotopic (exact) mass is 463 g/mol. The van der Waals surface area contributed by atoms with Crippen LogP contribution in [0, 0.1) is 17.1 Å². The van der Waals surface area contributed by atoms with Gasteiger partial charge in [0.25, 0.3) is 0 Å². The number of fused-ring (bicyclic) bond motifs is 1. The van der Waals surface area contributed by atoms with E-state index in [4.69, 9.17) is 9.47 Å². The van der Waals surface area contributed by atoms with Gasteiger partial charge in [0, 0.05) is 36.6 Å². The molecule has 0 unspecified atom stereocenters. The van der Waals surface area contributed by atoms with Crippen LogP contribution in [0.5, 0.6) is 5.88 Å². The highest BCUT2D eigenvalue weighted by Gasteiger charge is 2.20. The maximum Gasteiger partial charge on any atom is 0.413 e. The van der Waals surface area contributed by atoms with Crippen LogP contribution in [0.25, 0.3) is 16.8 Å². The molecule has 0 aromatic carbocycles. The molecular weight excluding hydrogens is 441 g/mol. The van der Waals surface area contributed by atoms with Gasteiger partial charge in [-0.3, -0.25) is 14.4 Å². The number of carbonyl (C=O) groups is 1. The average Bonchev–Trinajstić information content (AvgIpc) is 3.38. The topological polar surface area (TPSA) is 119 Å². The van der Waals surface area contributed by atoms with E-state index in [2.05, 4.69) is 26.5 Å². The summed E-state index contributed by atoms with van der Waals surface area (Å²) in [4.78, 5) is 20.2. The van der Waals surface area contributed by atoms with Crippen molar-refractivity contribution in [3.8, 4) is 23.1 Å². The first-order chi connectivity index (χ1) is 16.1. The lowest BCUT2D eigenvalue weighted by molar-refractivity contribution is 0.0634. The van der Waals surface area contributed by atoms with Gasteiger partial charge in [0.2, 0.25) is 5.88 Å². The van der Waals surface area contributed by atoms with Crippen LogP contribution in [0.1, 0.15) is 32.0 Å². The Bertz CT molecular complexity index is 1410. The lowest BCUT2D eigenvalue weighted by Crippen LogP contribution is -2.28. The first kappa shape index (κ1) is 22.7. The quantitative estimate of drug-likeness (QED) is 0.474. The Balaban J connectivity index is 1.63. The van der Waals surface area contributed by atoms with Gasteiger partial charge in [0.1, 0.15) is 29.6 Å². The van der Waals surface area contributed by atoms with Gasteiger partial charge in [-0.1, -0.05) is 0 Å². The third kappa shape index (κ3) is 4.80. The van der Waals surface area contributed by atoms with Crippen molar-refractivity contribution in [3.05, 3.63) is 60.1 Å². The number of nitrogens with one attached hydrogen (secondary N) is 1. The average molecular weight is 463 g/mol. The van der Waals surface area contributed by atoms with Crippen LogP contribution in [0.2, 0.25) is 0 Å². The number of aryl methyl sites for hydroxylation is 1. The second kappa shape index (κ2) is 8.82. The molecule has 0 atom stereocenters. The molecule has 4 aromatic rings. The molecule has 4 heterocycles. The highest BCUT2D eigenvalue weighted by Crippen LogP contribution is 2.28. The van der Waals surface area contributed by atoms with Crippen LogP contribution in [-0.4, -0.2) is 35.8 Å². The standard InChI is InChI=1S/C23H22FN7O3/c1-23(2,3)34-22(32)29-21-20(24)14(5-6-26-21)13-33-19-8-15(16-10-28-30(4)12-16)7-18-27-11-17(9-25)31(18)19/h5-8,10-12H,13H2,1-4H3,(H,26,29,32). The van der Waals surface area contributed by atoms with Gasteiger partial charge in [0.15, 0.2) is 11.6 Å². The molecule has 10 nitrogen and oxygen atoms in total. The molecule has 1 amide bonds. The minimum absolute atomic E-state index is 0.152. The maximum absolute atomic E-state index is 15.0. The zero-order valence-electron chi connectivity index (χ0n) is 19.0. The number of amides is 1. The number of carbonyl (C=O) groups excluding carboxylic acids is 1. The molecule has 4 aromatic heterocycles. The number of hydrogen-bond donors (Lipinski definition) is 1. The van der Waals surface area contributed by atoms with Crippen molar-refractivity contribution in [2.45, 2.75) is 33.0 Å². The summed E-state index contributed by atoms with van der Waals surface area (Å²) in [5.41, 5.74) is 1.78. The third-order valence-electron chi connectivity index (χ3n) is 4.69. The van der Waals surface area contributed by atoms with Gasteiger partial charge in [-0.15, -0.1) is 0 Å². The molecule has 0 saturated carbocycles. The van der Waals surface area contributed by atoms with Crippen LogP contribution < -0.4 is 10.1 Å². The van der Waals surface area contributed by atoms with Crippen LogP contribution >= 0.6 is 0 Å². The number of nitrogens with zero attached hydrogens (tertiary/aromatic N) is 6. The van der Waals surface area contributed by atoms with Gasteiger partial charge in [-0.25, -0.2) is 19.2 Å². The van der Waals surface area contributed by atoms with Crippen LogP contribution in [0.3, 0.4) is 0 Å². The van der Waals surface area contributed by atoms with Crippen LogP contribution in [0.4, 0.5) is 15.0 Å². The summed E-state index contributed by atoms with van der Waals surface area (Å²) in [5.74, 6) is -0.729. The highest BCUT2D eigenvalue weighted by molar-refractivity contribution is 5.83.